The van der Waals surface area contributed by atoms with E-state index in [0.29, 0.717) is 31.6 Å². The monoisotopic (exact) mass is 331 g/mol. The summed E-state index contributed by atoms with van der Waals surface area (Å²) < 4.78 is 36.6. The Morgan fingerprint density at radius 2 is 2.09 bits per heavy atom. The van der Waals surface area contributed by atoms with Gasteiger partial charge in [0.25, 0.3) is 5.69 Å². The van der Waals surface area contributed by atoms with Crippen molar-refractivity contribution < 1.29 is 22.9 Å². The number of hydrogen-bond donors (Lipinski definition) is 1. The molecule has 0 aromatic heterocycles. The first-order valence-corrected chi connectivity index (χ1v) is 7.12. The number of nitrogens with one attached hydrogen (secondary N) is 1. The second-order valence-electron chi connectivity index (χ2n) is 5.41. The highest BCUT2D eigenvalue weighted by molar-refractivity contribution is 5.81. The molecular formula is C14H16F3N3O3. The standard InChI is InChI=1S/C14H16F3N3O3/c15-14(16,17)13(21)18-8-10-4-3-7-19(9-10)11-5-1-2-6-12(11)20(22)23/h1-2,5-6,10H,3-4,7-9H2,(H,18,21)/t10-/m0/s1. The van der Waals surface area contributed by atoms with Gasteiger partial charge < -0.3 is 10.2 Å². The Morgan fingerprint density at radius 3 is 2.74 bits per heavy atom. The molecule has 0 bridgehead atoms. The van der Waals surface area contributed by atoms with Gasteiger partial charge in [-0.3, -0.25) is 14.9 Å². The number of carbonyl (C=O) groups is 1. The molecule has 0 saturated carbocycles. The SMILES string of the molecule is O=C(NC[C@@H]1CCCN(c2ccccc2[N+](=O)[O-])C1)C(F)(F)F. The predicted octanol–water partition coefficient (Wildman–Crippen LogP) is 2.49. The third-order valence-corrected chi connectivity index (χ3v) is 3.75. The predicted molar refractivity (Wildman–Crippen MR) is 77.1 cm³/mol. The molecule has 9 heteroatoms. The van der Waals surface area contributed by atoms with E-state index >= 15 is 0 Å². The number of hydrogen-bond acceptors (Lipinski definition) is 4. The molecule has 1 heterocycles. The first kappa shape index (κ1) is 17.0. The van der Waals surface area contributed by atoms with Gasteiger partial charge in [-0.25, -0.2) is 0 Å². The summed E-state index contributed by atoms with van der Waals surface area (Å²) in [5, 5.41) is 12.9. The number of nitrogens with zero attached hydrogens (tertiary/aromatic N) is 2. The Hall–Kier alpha value is -2.32. The molecule has 1 N–H and O–H groups in total. The van der Waals surface area contributed by atoms with Crippen LogP contribution in [0.1, 0.15) is 12.8 Å². The quantitative estimate of drug-likeness (QED) is 0.679. The molecule has 0 aliphatic carbocycles. The first-order chi connectivity index (χ1) is 10.8. The van der Waals surface area contributed by atoms with E-state index in [1.54, 1.807) is 23.1 Å². The molecule has 0 unspecified atom stereocenters. The smallest absolute Gasteiger partial charge is 0.366 e. The van der Waals surface area contributed by atoms with Gasteiger partial charge >= 0.3 is 12.1 Å². The summed E-state index contributed by atoms with van der Waals surface area (Å²) in [7, 11) is 0. The van der Waals surface area contributed by atoms with Gasteiger partial charge in [0.15, 0.2) is 0 Å². The highest BCUT2D eigenvalue weighted by atomic mass is 19.4. The molecule has 1 aromatic rings. The lowest BCUT2D eigenvalue weighted by molar-refractivity contribution is -0.384. The number of amides is 1. The molecule has 23 heavy (non-hydrogen) atoms. The van der Waals surface area contributed by atoms with Crippen LogP contribution in [0.4, 0.5) is 24.5 Å². The molecule has 2 rings (SSSR count). The van der Waals surface area contributed by atoms with Crippen LogP contribution in [-0.4, -0.2) is 36.6 Å². The number of benzene rings is 1. The fourth-order valence-corrected chi connectivity index (χ4v) is 2.67. The summed E-state index contributed by atoms with van der Waals surface area (Å²) in [5.41, 5.74) is 0.414. The van der Waals surface area contributed by atoms with Crippen molar-refractivity contribution in [1.29, 1.82) is 0 Å². The van der Waals surface area contributed by atoms with Crippen molar-refractivity contribution in [3.63, 3.8) is 0 Å². The lowest BCUT2D eigenvalue weighted by Crippen LogP contribution is -2.44. The Labute approximate surface area is 130 Å². The number of nitro groups is 1. The molecule has 1 fully saturated rings. The minimum atomic E-state index is -4.90. The molecule has 1 aliphatic rings. The van der Waals surface area contributed by atoms with E-state index in [-0.39, 0.29) is 18.2 Å². The van der Waals surface area contributed by atoms with Crippen molar-refractivity contribution >= 4 is 17.3 Å². The number of rotatable bonds is 4. The highest BCUT2D eigenvalue weighted by Gasteiger charge is 2.38. The minimum Gasteiger partial charge on any atom is -0.366 e. The van der Waals surface area contributed by atoms with E-state index in [4.69, 9.17) is 0 Å². The summed E-state index contributed by atoms with van der Waals surface area (Å²) in [6, 6.07) is 6.25. The van der Waals surface area contributed by atoms with Gasteiger partial charge in [0, 0.05) is 25.7 Å². The number of carbonyl (C=O) groups excluding carboxylic acids is 1. The molecule has 0 radical (unpaired) electrons. The van der Waals surface area contributed by atoms with Crippen molar-refractivity contribution in [2.45, 2.75) is 19.0 Å². The van der Waals surface area contributed by atoms with Crippen LogP contribution in [0.3, 0.4) is 0 Å². The van der Waals surface area contributed by atoms with Gasteiger partial charge in [-0.05, 0) is 24.8 Å². The molecule has 1 aromatic carbocycles. The largest absolute Gasteiger partial charge is 0.471 e. The van der Waals surface area contributed by atoms with Gasteiger partial charge in [0.1, 0.15) is 5.69 Å². The van der Waals surface area contributed by atoms with Crippen molar-refractivity contribution in [3.05, 3.63) is 34.4 Å². The van der Waals surface area contributed by atoms with E-state index < -0.39 is 17.0 Å². The number of anilines is 1. The number of para-hydroxylation sites is 2. The molecular weight excluding hydrogens is 315 g/mol. The number of halogens is 3. The van der Waals surface area contributed by atoms with Gasteiger partial charge in [0.05, 0.1) is 4.92 Å². The van der Waals surface area contributed by atoms with Crippen LogP contribution in [-0.2, 0) is 4.79 Å². The number of alkyl halides is 3. The fourth-order valence-electron chi connectivity index (χ4n) is 2.67. The highest BCUT2D eigenvalue weighted by Crippen LogP contribution is 2.31. The molecule has 1 aliphatic heterocycles. The molecule has 1 amide bonds. The zero-order valence-electron chi connectivity index (χ0n) is 12.2. The average molecular weight is 331 g/mol. The van der Waals surface area contributed by atoms with E-state index in [1.165, 1.54) is 6.07 Å². The summed E-state index contributed by atoms with van der Waals surface area (Å²) in [6.07, 6.45) is -3.54. The lowest BCUT2D eigenvalue weighted by Gasteiger charge is -2.34. The Morgan fingerprint density at radius 1 is 1.39 bits per heavy atom. The maximum Gasteiger partial charge on any atom is 0.471 e. The van der Waals surface area contributed by atoms with E-state index in [2.05, 4.69) is 0 Å². The van der Waals surface area contributed by atoms with E-state index in [9.17, 15) is 28.1 Å². The summed E-state index contributed by atoms with van der Waals surface area (Å²) in [5.74, 6) is -2.14. The Kier molecular flexibility index (Phi) is 5.07. The fraction of sp³-hybridized carbons (Fsp3) is 0.500. The zero-order valence-corrected chi connectivity index (χ0v) is 12.2. The second kappa shape index (κ2) is 6.84. The van der Waals surface area contributed by atoms with Crippen LogP contribution in [0.15, 0.2) is 24.3 Å². The second-order valence-corrected chi connectivity index (χ2v) is 5.41. The Balaban J connectivity index is 2.02. The topological polar surface area (TPSA) is 75.5 Å². The van der Waals surface area contributed by atoms with Crippen molar-refractivity contribution in [1.82, 2.24) is 5.32 Å². The minimum absolute atomic E-state index is 0.0347. The summed E-state index contributed by atoms with van der Waals surface area (Å²) in [4.78, 5) is 23.2. The lowest BCUT2D eigenvalue weighted by atomic mass is 9.97. The van der Waals surface area contributed by atoms with Crippen LogP contribution < -0.4 is 10.2 Å². The van der Waals surface area contributed by atoms with Crippen LogP contribution >= 0.6 is 0 Å². The van der Waals surface area contributed by atoms with Crippen LogP contribution in [0.5, 0.6) is 0 Å². The van der Waals surface area contributed by atoms with Crippen molar-refractivity contribution in [2.75, 3.05) is 24.5 Å². The maximum absolute atomic E-state index is 12.2. The van der Waals surface area contributed by atoms with Gasteiger partial charge in [0.2, 0.25) is 0 Å². The van der Waals surface area contributed by atoms with Gasteiger partial charge in [-0.15, -0.1) is 0 Å². The van der Waals surface area contributed by atoms with Crippen LogP contribution in [0, 0.1) is 16.0 Å². The van der Waals surface area contributed by atoms with Gasteiger partial charge in [-0.2, -0.15) is 13.2 Å². The molecule has 1 atom stereocenters. The molecule has 1 saturated heterocycles. The van der Waals surface area contributed by atoms with Gasteiger partial charge in [-0.1, -0.05) is 12.1 Å². The number of piperidine rings is 1. The normalized spacial score (nSPS) is 18.6. The third kappa shape index (κ3) is 4.33. The molecule has 0 spiro atoms. The molecule has 126 valence electrons. The van der Waals surface area contributed by atoms with Crippen LogP contribution in [0.2, 0.25) is 0 Å². The third-order valence-electron chi connectivity index (χ3n) is 3.75. The first-order valence-electron chi connectivity index (χ1n) is 7.12. The zero-order chi connectivity index (χ0) is 17.0. The van der Waals surface area contributed by atoms with Crippen molar-refractivity contribution in [3.8, 4) is 0 Å². The van der Waals surface area contributed by atoms with E-state index in [0.717, 1.165) is 0 Å². The van der Waals surface area contributed by atoms with Crippen molar-refractivity contribution in [2.24, 2.45) is 5.92 Å². The van der Waals surface area contributed by atoms with Crippen LogP contribution in [0.25, 0.3) is 0 Å². The Bertz CT molecular complexity index is 592. The average Bonchev–Trinajstić information content (AvgIpc) is 2.52. The summed E-state index contributed by atoms with van der Waals surface area (Å²) >= 11 is 0. The van der Waals surface area contributed by atoms with E-state index in [1.807, 2.05) is 5.32 Å². The maximum atomic E-state index is 12.2. The summed E-state index contributed by atoms with van der Waals surface area (Å²) in [6.45, 7) is 0.854. The number of nitro benzene ring substituents is 1. The molecule has 6 nitrogen and oxygen atoms in total.